The van der Waals surface area contributed by atoms with Gasteiger partial charge in [-0.15, -0.1) is 0 Å². The first-order valence-corrected chi connectivity index (χ1v) is 7.83. The van der Waals surface area contributed by atoms with Crippen LogP contribution in [-0.4, -0.2) is 40.8 Å². The molecule has 0 saturated carbocycles. The molecule has 0 fully saturated rings. The molecule has 2 aromatic rings. The molecule has 0 saturated heterocycles. The number of non-ortho nitro benzene ring substituents is 1. The summed E-state index contributed by atoms with van der Waals surface area (Å²) in [7, 11) is 0. The van der Waals surface area contributed by atoms with Crippen LogP contribution in [0.1, 0.15) is 10.4 Å². The number of nitrogens with one attached hydrogen (secondary N) is 2. The zero-order valence-electron chi connectivity index (χ0n) is 13.7. The minimum atomic E-state index is -0.860. The summed E-state index contributed by atoms with van der Waals surface area (Å²) in [5.74, 6) is -2.19. The molecule has 0 bridgehead atoms. The zero-order chi connectivity index (χ0) is 19.8. The first-order chi connectivity index (χ1) is 12.9. The molecule has 2 rings (SSSR count). The predicted molar refractivity (Wildman–Crippen MR) is 94.3 cm³/mol. The Labute approximate surface area is 157 Å². The minimum Gasteiger partial charge on any atom is -0.454 e. The van der Waals surface area contributed by atoms with Crippen LogP contribution in [0.5, 0.6) is 0 Å². The number of amides is 2. The van der Waals surface area contributed by atoms with E-state index in [4.69, 9.17) is 16.3 Å². The van der Waals surface area contributed by atoms with Gasteiger partial charge in [-0.05, 0) is 18.2 Å². The van der Waals surface area contributed by atoms with Gasteiger partial charge in [-0.25, -0.2) is 4.98 Å². The number of carbonyl (C=O) groups is 3. The molecular formula is C16H13ClN4O6. The average molecular weight is 393 g/mol. The van der Waals surface area contributed by atoms with Crippen molar-refractivity contribution in [3.05, 3.63) is 63.4 Å². The monoisotopic (exact) mass is 392 g/mol. The van der Waals surface area contributed by atoms with Crippen LogP contribution in [0.3, 0.4) is 0 Å². The zero-order valence-corrected chi connectivity index (χ0v) is 14.4. The lowest BCUT2D eigenvalue weighted by molar-refractivity contribution is -0.384. The van der Waals surface area contributed by atoms with Crippen LogP contribution < -0.4 is 10.6 Å². The van der Waals surface area contributed by atoms with Gasteiger partial charge in [-0.1, -0.05) is 17.7 Å². The third-order valence-corrected chi connectivity index (χ3v) is 3.41. The van der Waals surface area contributed by atoms with E-state index < -0.39 is 35.9 Å². The Bertz CT molecular complexity index is 889. The molecular weight excluding hydrogens is 380 g/mol. The van der Waals surface area contributed by atoms with E-state index >= 15 is 0 Å². The second-order valence-electron chi connectivity index (χ2n) is 5.04. The van der Waals surface area contributed by atoms with Crippen molar-refractivity contribution in [1.29, 1.82) is 0 Å². The van der Waals surface area contributed by atoms with Crippen LogP contribution in [0.4, 0.5) is 11.4 Å². The second-order valence-corrected chi connectivity index (χ2v) is 5.40. The van der Waals surface area contributed by atoms with Gasteiger partial charge in [0.25, 0.3) is 17.5 Å². The predicted octanol–water partition coefficient (Wildman–Crippen LogP) is 1.55. The summed E-state index contributed by atoms with van der Waals surface area (Å²) in [5.41, 5.74) is 0.0242. The number of nitro benzene ring substituents is 1. The van der Waals surface area contributed by atoms with E-state index in [0.717, 1.165) is 6.07 Å². The number of esters is 1. The fourth-order valence-electron chi connectivity index (χ4n) is 1.88. The summed E-state index contributed by atoms with van der Waals surface area (Å²) in [6.07, 6.45) is 1.45. The van der Waals surface area contributed by atoms with Crippen LogP contribution >= 0.6 is 11.6 Å². The third kappa shape index (κ3) is 6.04. The van der Waals surface area contributed by atoms with Crippen molar-refractivity contribution < 1.29 is 24.0 Å². The standard InChI is InChI=1S/C16H13ClN4O6/c17-15-12(5-2-6-18-15)20-13(22)9-27-14(23)8-19-16(24)10-3-1-4-11(7-10)21(25)26/h1-7H,8-9H2,(H,19,24)(H,20,22). The number of hydrogen-bond acceptors (Lipinski definition) is 7. The number of nitrogens with zero attached hydrogens (tertiary/aromatic N) is 2. The maximum Gasteiger partial charge on any atom is 0.325 e. The normalized spacial score (nSPS) is 9.96. The lowest BCUT2D eigenvalue weighted by Gasteiger charge is -2.08. The third-order valence-electron chi connectivity index (χ3n) is 3.11. The van der Waals surface area contributed by atoms with E-state index in [-0.39, 0.29) is 22.1 Å². The van der Waals surface area contributed by atoms with Crippen molar-refractivity contribution in [2.24, 2.45) is 0 Å². The van der Waals surface area contributed by atoms with Crippen LogP contribution in [0.2, 0.25) is 5.15 Å². The molecule has 0 unspecified atom stereocenters. The number of nitro groups is 1. The van der Waals surface area contributed by atoms with E-state index in [2.05, 4.69) is 15.6 Å². The van der Waals surface area contributed by atoms with Crippen molar-refractivity contribution in [2.75, 3.05) is 18.5 Å². The summed E-state index contributed by atoms with van der Waals surface area (Å²) in [6, 6.07) is 8.10. The van der Waals surface area contributed by atoms with E-state index in [1.807, 2.05) is 0 Å². The summed E-state index contributed by atoms with van der Waals surface area (Å²) in [5, 5.41) is 15.4. The van der Waals surface area contributed by atoms with E-state index in [1.165, 1.54) is 30.5 Å². The van der Waals surface area contributed by atoms with Crippen LogP contribution in [0.15, 0.2) is 42.6 Å². The number of carbonyl (C=O) groups excluding carboxylic acids is 3. The summed E-state index contributed by atoms with van der Waals surface area (Å²) >= 11 is 5.78. The molecule has 11 heteroatoms. The van der Waals surface area contributed by atoms with Crippen molar-refractivity contribution in [2.45, 2.75) is 0 Å². The number of ether oxygens (including phenoxy) is 1. The van der Waals surface area contributed by atoms with E-state index in [9.17, 15) is 24.5 Å². The molecule has 2 amide bonds. The van der Waals surface area contributed by atoms with E-state index in [1.54, 1.807) is 6.07 Å². The molecule has 27 heavy (non-hydrogen) atoms. The van der Waals surface area contributed by atoms with Crippen LogP contribution in [-0.2, 0) is 14.3 Å². The number of anilines is 1. The van der Waals surface area contributed by atoms with Gasteiger partial charge in [-0.3, -0.25) is 24.5 Å². The average Bonchev–Trinajstić information content (AvgIpc) is 2.66. The molecule has 0 spiro atoms. The topological polar surface area (TPSA) is 141 Å². The maximum atomic E-state index is 11.9. The lowest BCUT2D eigenvalue weighted by atomic mass is 10.2. The van der Waals surface area contributed by atoms with Gasteiger partial charge in [0.1, 0.15) is 6.54 Å². The van der Waals surface area contributed by atoms with Crippen molar-refractivity contribution in [3.63, 3.8) is 0 Å². The lowest BCUT2D eigenvalue weighted by Crippen LogP contribution is -2.32. The van der Waals surface area contributed by atoms with Gasteiger partial charge in [0.2, 0.25) is 0 Å². The molecule has 0 aliphatic heterocycles. The van der Waals surface area contributed by atoms with Crippen LogP contribution in [0, 0.1) is 10.1 Å². The van der Waals surface area contributed by atoms with Gasteiger partial charge in [0.05, 0.1) is 10.6 Å². The minimum absolute atomic E-state index is 0.0148. The maximum absolute atomic E-state index is 11.9. The highest BCUT2D eigenvalue weighted by Gasteiger charge is 2.14. The molecule has 10 nitrogen and oxygen atoms in total. The molecule has 1 aromatic heterocycles. The Morgan fingerprint density at radius 1 is 1.22 bits per heavy atom. The fraction of sp³-hybridized carbons (Fsp3) is 0.125. The van der Waals surface area contributed by atoms with Gasteiger partial charge >= 0.3 is 5.97 Å². The van der Waals surface area contributed by atoms with Crippen molar-refractivity contribution in [1.82, 2.24) is 10.3 Å². The Morgan fingerprint density at radius 2 is 2.00 bits per heavy atom. The van der Waals surface area contributed by atoms with Gasteiger partial charge in [0.15, 0.2) is 11.8 Å². The molecule has 0 aliphatic rings. The Hall–Kier alpha value is -3.53. The Kier molecular flexibility index (Phi) is 6.78. The molecule has 0 aliphatic carbocycles. The highest BCUT2D eigenvalue weighted by molar-refractivity contribution is 6.32. The van der Waals surface area contributed by atoms with Crippen LogP contribution in [0.25, 0.3) is 0 Å². The molecule has 0 radical (unpaired) electrons. The number of rotatable bonds is 7. The molecule has 140 valence electrons. The number of aromatic nitrogens is 1. The Balaban J connectivity index is 1.78. The molecule has 1 aromatic carbocycles. The quantitative estimate of drug-likeness (QED) is 0.315. The number of hydrogen-bond donors (Lipinski definition) is 2. The highest BCUT2D eigenvalue weighted by atomic mass is 35.5. The Morgan fingerprint density at radius 3 is 2.70 bits per heavy atom. The first-order valence-electron chi connectivity index (χ1n) is 7.45. The fourth-order valence-corrected chi connectivity index (χ4v) is 2.04. The summed E-state index contributed by atoms with van der Waals surface area (Å²) in [6.45, 7) is -1.10. The molecule has 2 N–H and O–H groups in total. The smallest absolute Gasteiger partial charge is 0.325 e. The largest absolute Gasteiger partial charge is 0.454 e. The van der Waals surface area contributed by atoms with Crippen molar-refractivity contribution >= 4 is 40.8 Å². The molecule has 0 atom stereocenters. The number of benzene rings is 1. The van der Waals surface area contributed by atoms with Gasteiger partial charge in [-0.2, -0.15) is 0 Å². The van der Waals surface area contributed by atoms with E-state index in [0.29, 0.717) is 0 Å². The number of pyridine rings is 1. The molecule has 1 heterocycles. The second kappa shape index (κ2) is 9.25. The van der Waals surface area contributed by atoms with Crippen molar-refractivity contribution in [3.8, 4) is 0 Å². The SMILES string of the molecule is O=C(COC(=O)CNC(=O)c1cccc([N+](=O)[O-])c1)Nc1cccnc1Cl. The summed E-state index contributed by atoms with van der Waals surface area (Å²) in [4.78, 5) is 49.0. The first kappa shape index (κ1) is 19.8. The van der Waals surface area contributed by atoms with Gasteiger partial charge < -0.3 is 15.4 Å². The van der Waals surface area contributed by atoms with Gasteiger partial charge in [0, 0.05) is 23.9 Å². The number of halogens is 1. The summed E-state index contributed by atoms with van der Waals surface area (Å²) < 4.78 is 4.73. The highest BCUT2D eigenvalue weighted by Crippen LogP contribution is 2.17.